The van der Waals surface area contributed by atoms with E-state index in [0.717, 1.165) is 43.1 Å². The van der Waals surface area contributed by atoms with Gasteiger partial charge in [0.15, 0.2) is 5.76 Å². The highest BCUT2D eigenvalue weighted by atomic mass is 35.5. The van der Waals surface area contributed by atoms with Gasteiger partial charge in [-0.25, -0.2) is 0 Å². The van der Waals surface area contributed by atoms with E-state index < -0.39 is 23.2 Å². The summed E-state index contributed by atoms with van der Waals surface area (Å²) >= 11 is 12.8. The Morgan fingerprint density at radius 2 is 1.88 bits per heavy atom. The molecule has 2 saturated heterocycles. The van der Waals surface area contributed by atoms with E-state index >= 15 is 0 Å². The highest BCUT2D eigenvalue weighted by molar-refractivity contribution is 6.39. The zero-order chi connectivity index (χ0) is 29.5. The predicted octanol–water partition coefficient (Wildman–Crippen LogP) is 6.56. The Bertz CT molecular complexity index is 1520. The lowest BCUT2D eigenvalue weighted by molar-refractivity contribution is -0.270. The summed E-state index contributed by atoms with van der Waals surface area (Å²) in [6, 6.07) is 12.9. The molecule has 43 heavy (non-hydrogen) atoms. The van der Waals surface area contributed by atoms with Crippen LogP contribution in [0.1, 0.15) is 44.1 Å². The Balaban J connectivity index is 1.06. The van der Waals surface area contributed by atoms with E-state index in [1.165, 1.54) is 12.8 Å². The molecule has 0 aromatic heterocycles. The number of carbonyl (C=O) groups is 1. The molecule has 5 unspecified atom stereocenters. The number of ether oxygens (including phenoxy) is 2. The van der Waals surface area contributed by atoms with E-state index in [1.54, 1.807) is 24.3 Å². The fourth-order valence-electron chi connectivity index (χ4n) is 9.08. The minimum Gasteiger partial charge on any atom is -0.504 e. The molecule has 9 heteroatoms. The molecule has 4 aliphatic carbocycles. The number of nitrogens with one attached hydrogen (secondary N) is 1. The van der Waals surface area contributed by atoms with Gasteiger partial charge in [0.2, 0.25) is 0 Å². The molecule has 3 saturated carbocycles. The van der Waals surface area contributed by atoms with E-state index in [4.69, 9.17) is 32.7 Å². The average Bonchev–Trinajstić information content (AvgIpc) is 3.72. The second-order valence-electron chi connectivity index (χ2n) is 13.3. The molecule has 7 atom stereocenters. The number of likely N-dealkylation sites (tertiary alicyclic amines) is 1. The molecule has 5 fully saturated rings. The number of para-hydroxylation sites is 2. The Labute approximate surface area is 261 Å². The van der Waals surface area contributed by atoms with Gasteiger partial charge in [0, 0.05) is 24.2 Å². The van der Waals surface area contributed by atoms with Crippen molar-refractivity contribution in [2.24, 2.45) is 23.2 Å². The zero-order valence-electron chi connectivity index (χ0n) is 23.8. The first-order valence-electron chi connectivity index (χ1n) is 15.5. The number of hydrogen-bond donors (Lipinski definition) is 3. The van der Waals surface area contributed by atoms with Gasteiger partial charge in [-0.15, -0.1) is 0 Å². The Morgan fingerprint density at radius 1 is 1.09 bits per heavy atom. The quantitative estimate of drug-likeness (QED) is 0.301. The van der Waals surface area contributed by atoms with Crippen molar-refractivity contribution in [3.8, 4) is 0 Å². The van der Waals surface area contributed by atoms with Crippen LogP contribution in [0.2, 0.25) is 10.0 Å². The van der Waals surface area contributed by atoms with Crippen molar-refractivity contribution >= 4 is 40.5 Å². The minimum atomic E-state index is -0.965. The number of allylic oxidation sites excluding steroid dienone is 3. The maximum absolute atomic E-state index is 13.6. The van der Waals surface area contributed by atoms with Crippen molar-refractivity contribution in [1.29, 1.82) is 0 Å². The molecule has 7 nitrogen and oxygen atoms in total. The molecule has 3 N–H and O–H groups in total. The number of halogens is 2. The SMILES string of the molecule is O=C(Cc1ccccc1Nc1c(Cl)cccc1Cl)O[C@@H]1CC[C@@]2(O)C3CC4C=CC(O)=C5OC1C2(CCN3CC1CC1)C54. The number of carbonyl (C=O) groups excluding carboxylic acids is 1. The van der Waals surface area contributed by atoms with Crippen LogP contribution in [0.15, 0.2) is 66.1 Å². The molecule has 0 radical (unpaired) electrons. The van der Waals surface area contributed by atoms with Crippen molar-refractivity contribution in [2.75, 3.05) is 18.4 Å². The van der Waals surface area contributed by atoms with Crippen LogP contribution in [-0.4, -0.2) is 58.0 Å². The highest BCUT2D eigenvalue weighted by Crippen LogP contribution is 2.70. The normalized spacial score (nSPS) is 35.7. The number of benzene rings is 2. The molecule has 1 spiro atoms. The molecule has 8 rings (SSSR count). The zero-order valence-corrected chi connectivity index (χ0v) is 25.4. The second-order valence-corrected chi connectivity index (χ2v) is 14.1. The lowest BCUT2D eigenvalue weighted by Crippen LogP contribution is -2.77. The monoisotopic (exact) mass is 622 g/mol. The summed E-state index contributed by atoms with van der Waals surface area (Å²) in [7, 11) is 0. The Hall–Kier alpha value is -2.71. The molecular formula is C34H36Cl2N2O5. The number of rotatable bonds is 7. The van der Waals surface area contributed by atoms with Crippen molar-refractivity contribution in [3.63, 3.8) is 0 Å². The van der Waals surface area contributed by atoms with Gasteiger partial charge in [-0.05, 0) is 86.7 Å². The van der Waals surface area contributed by atoms with Crippen LogP contribution in [0.5, 0.6) is 0 Å². The number of aliphatic hydroxyl groups excluding tert-OH is 1. The summed E-state index contributed by atoms with van der Waals surface area (Å²) in [5, 5.41) is 27.8. The molecule has 226 valence electrons. The van der Waals surface area contributed by atoms with E-state index in [1.807, 2.05) is 24.3 Å². The molecular weight excluding hydrogens is 587 g/mol. The van der Waals surface area contributed by atoms with E-state index in [2.05, 4.69) is 16.3 Å². The average molecular weight is 624 g/mol. The predicted molar refractivity (Wildman–Crippen MR) is 164 cm³/mol. The molecule has 2 aromatic carbocycles. The molecule has 2 aliphatic heterocycles. The number of piperidine rings is 1. The Morgan fingerprint density at radius 3 is 2.67 bits per heavy atom. The number of hydrogen-bond acceptors (Lipinski definition) is 7. The number of esters is 1. The van der Waals surface area contributed by atoms with Crippen molar-refractivity contribution in [2.45, 2.75) is 68.8 Å². The van der Waals surface area contributed by atoms with Gasteiger partial charge < -0.3 is 25.0 Å². The first kappa shape index (κ1) is 27.8. The van der Waals surface area contributed by atoms with Gasteiger partial charge in [-0.1, -0.05) is 53.5 Å². The van der Waals surface area contributed by atoms with E-state index in [0.29, 0.717) is 34.3 Å². The van der Waals surface area contributed by atoms with Gasteiger partial charge >= 0.3 is 5.97 Å². The van der Waals surface area contributed by atoms with Crippen LogP contribution in [0, 0.1) is 23.2 Å². The van der Waals surface area contributed by atoms with Gasteiger partial charge in [0.25, 0.3) is 0 Å². The fraction of sp³-hybridized carbons (Fsp3) is 0.500. The third-order valence-corrected chi connectivity index (χ3v) is 11.7. The summed E-state index contributed by atoms with van der Waals surface area (Å²) in [5.41, 5.74) is 0.475. The van der Waals surface area contributed by atoms with Crippen molar-refractivity contribution in [3.05, 3.63) is 81.7 Å². The number of aliphatic hydroxyl groups is 2. The first-order chi connectivity index (χ1) is 20.8. The number of nitrogens with zero attached hydrogens (tertiary/aromatic N) is 1. The van der Waals surface area contributed by atoms with Crippen LogP contribution >= 0.6 is 23.2 Å². The number of anilines is 2. The lowest BCUT2D eigenvalue weighted by atomic mass is 9.44. The molecule has 2 bridgehead atoms. The topological polar surface area (TPSA) is 91.3 Å². The molecule has 6 aliphatic rings. The maximum atomic E-state index is 13.6. The van der Waals surface area contributed by atoms with Gasteiger partial charge in [-0.2, -0.15) is 0 Å². The third-order valence-electron chi connectivity index (χ3n) is 11.1. The standard InChI is InChI=1S/C34H36Cl2N2O5/c35-22-5-3-6-23(36)30(22)37-24-7-2-1-4-20(24)17-28(40)42-26-12-13-34(41)27-16-21-10-11-25(39)31-29(21)33(34,32(26)43-31)14-15-38(27)18-19-8-9-19/h1-7,10-11,19,21,26-27,29,32,37,39,41H,8-9,12-18H2/t21?,26-,27?,29?,32?,33?,34-/m1/s1. The summed E-state index contributed by atoms with van der Waals surface area (Å²) in [6.45, 7) is 1.92. The van der Waals surface area contributed by atoms with Crippen LogP contribution in [0.3, 0.4) is 0 Å². The summed E-state index contributed by atoms with van der Waals surface area (Å²) in [5.74, 6) is 1.13. The van der Waals surface area contributed by atoms with Gasteiger partial charge in [-0.3, -0.25) is 9.69 Å². The fourth-order valence-corrected chi connectivity index (χ4v) is 9.57. The molecule has 2 heterocycles. The lowest BCUT2D eigenvalue weighted by Gasteiger charge is -2.66. The minimum absolute atomic E-state index is 0.0321. The summed E-state index contributed by atoms with van der Waals surface area (Å²) < 4.78 is 12.9. The second kappa shape index (κ2) is 10.2. The highest BCUT2D eigenvalue weighted by Gasteiger charge is 2.77. The maximum Gasteiger partial charge on any atom is 0.310 e. The van der Waals surface area contributed by atoms with Crippen LogP contribution < -0.4 is 5.32 Å². The van der Waals surface area contributed by atoms with Crippen LogP contribution in [0.4, 0.5) is 11.4 Å². The summed E-state index contributed by atoms with van der Waals surface area (Å²) in [6.07, 6.45) is 8.07. The largest absolute Gasteiger partial charge is 0.504 e. The van der Waals surface area contributed by atoms with Gasteiger partial charge in [0.05, 0.1) is 33.2 Å². The Kier molecular flexibility index (Phi) is 6.57. The smallest absolute Gasteiger partial charge is 0.310 e. The van der Waals surface area contributed by atoms with Crippen LogP contribution in [0.25, 0.3) is 0 Å². The molecule has 2 aromatic rings. The van der Waals surface area contributed by atoms with E-state index in [-0.39, 0.29) is 36.0 Å². The van der Waals surface area contributed by atoms with Gasteiger partial charge in [0.1, 0.15) is 18.0 Å². The third kappa shape index (κ3) is 4.26. The molecule has 0 amide bonds. The first-order valence-corrected chi connectivity index (χ1v) is 16.3. The van der Waals surface area contributed by atoms with E-state index in [9.17, 15) is 15.0 Å². The van der Waals surface area contributed by atoms with Crippen molar-refractivity contribution < 1.29 is 24.5 Å². The van der Waals surface area contributed by atoms with Crippen LogP contribution in [-0.2, 0) is 20.7 Å². The van der Waals surface area contributed by atoms with Crippen molar-refractivity contribution in [1.82, 2.24) is 4.90 Å². The summed E-state index contributed by atoms with van der Waals surface area (Å²) in [4.78, 5) is 16.1.